The van der Waals surface area contributed by atoms with Crippen LogP contribution in [0.5, 0.6) is 0 Å². The molecule has 0 aliphatic carbocycles. The lowest BCUT2D eigenvalue weighted by atomic mass is 10.3. The number of carbonyl (C=O) groups excluding carboxylic acids is 1. The Balaban J connectivity index is 2.24. The van der Waals surface area contributed by atoms with Gasteiger partial charge in [-0.2, -0.15) is 0 Å². The molecule has 5 nitrogen and oxygen atoms in total. The highest BCUT2D eigenvalue weighted by atomic mass is 32.1. The molecule has 0 unspecified atom stereocenters. The Morgan fingerprint density at radius 1 is 1.40 bits per heavy atom. The van der Waals surface area contributed by atoms with Gasteiger partial charge in [-0.05, 0) is 12.1 Å². The molecule has 0 saturated carbocycles. The van der Waals surface area contributed by atoms with Gasteiger partial charge in [0.1, 0.15) is 5.69 Å². The highest BCUT2D eigenvalue weighted by molar-refractivity contribution is 7.96. The summed E-state index contributed by atoms with van der Waals surface area (Å²) in [6.45, 7) is 0. The molecular formula is C9H7N3O2S. The van der Waals surface area contributed by atoms with Crippen molar-refractivity contribution in [3.63, 3.8) is 0 Å². The van der Waals surface area contributed by atoms with Crippen molar-refractivity contribution in [3.8, 4) is 11.6 Å². The zero-order chi connectivity index (χ0) is 10.7. The van der Waals surface area contributed by atoms with Gasteiger partial charge in [0.05, 0.1) is 6.42 Å². The van der Waals surface area contributed by atoms with Crippen molar-refractivity contribution in [3.05, 3.63) is 30.3 Å². The number of nitrogens with zero attached hydrogens (tertiary/aromatic N) is 3. The fraction of sp³-hybridized carbons (Fsp3) is 0.111. The van der Waals surface area contributed by atoms with E-state index >= 15 is 0 Å². The summed E-state index contributed by atoms with van der Waals surface area (Å²) in [4.78, 5) is 14.7. The molecule has 0 amide bonds. The summed E-state index contributed by atoms with van der Waals surface area (Å²) >= 11 is 3.62. The number of hydrogen-bond donors (Lipinski definition) is 1. The standard InChI is InChI=1S/C9H7N3O2S/c13-8(15)5-7-11-12-9(14-7)6-3-1-2-4-10-6/h1-4H,5H2,(H,13,15). The number of rotatable bonds is 3. The van der Waals surface area contributed by atoms with Gasteiger partial charge in [-0.3, -0.25) is 9.78 Å². The molecule has 2 aromatic heterocycles. The average Bonchev–Trinajstić information content (AvgIpc) is 2.67. The fourth-order valence-corrected chi connectivity index (χ4v) is 1.18. The summed E-state index contributed by atoms with van der Waals surface area (Å²) in [5.74, 6) is 0.552. The predicted octanol–water partition coefficient (Wildman–Crippen LogP) is 1.13. The van der Waals surface area contributed by atoms with Crippen LogP contribution in [-0.4, -0.2) is 20.3 Å². The Morgan fingerprint density at radius 2 is 2.27 bits per heavy atom. The number of hydrogen-bond acceptors (Lipinski definition) is 5. The SMILES string of the molecule is O=C(S)Cc1nnc(-c2ccccn2)o1. The summed E-state index contributed by atoms with van der Waals surface area (Å²) in [6, 6.07) is 5.35. The van der Waals surface area contributed by atoms with Crippen molar-refractivity contribution in [2.45, 2.75) is 6.42 Å². The molecule has 15 heavy (non-hydrogen) atoms. The fourth-order valence-electron chi connectivity index (χ4n) is 1.05. The minimum atomic E-state index is -0.314. The van der Waals surface area contributed by atoms with Gasteiger partial charge in [0.2, 0.25) is 5.89 Å². The van der Waals surface area contributed by atoms with E-state index in [0.717, 1.165) is 0 Å². The van der Waals surface area contributed by atoms with E-state index in [-0.39, 0.29) is 17.4 Å². The quantitative estimate of drug-likeness (QED) is 0.787. The van der Waals surface area contributed by atoms with Crippen LogP contribution in [-0.2, 0) is 11.2 Å². The van der Waals surface area contributed by atoms with E-state index in [1.807, 2.05) is 6.07 Å². The molecule has 0 saturated heterocycles. The molecule has 76 valence electrons. The minimum Gasteiger partial charge on any atom is -0.419 e. The van der Waals surface area contributed by atoms with E-state index in [2.05, 4.69) is 27.8 Å². The molecule has 2 heterocycles. The van der Waals surface area contributed by atoms with E-state index in [0.29, 0.717) is 11.6 Å². The van der Waals surface area contributed by atoms with Gasteiger partial charge in [0.15, 0.2) is 5.12 Å². The predicted molar refractivity (Wildman–Crippen MR) is 55.2 cm³/mol. The largest absolute Gasteiger partial charge is 0.419 e. The Bertz CT molecular complexity index is 469. The van der Waals surface area contributed by atoms with Gasteiger partial charge in [-0.15, -0.1) is 22.8 Å². The zero-order valence-corrected chi connectivity index (χ0v) is 8.52. The normalized spacial score (nSPS) is 10.2. The third kappa shape index (κ3) is 2.41. The first-order valence-corrected chi connectivity index (χ1v) is 4.66. The van der Waals surface area contributed by atoms with Crippen LogP contribution in [0.3, 0.4) is 0 Å². The van der Waals surface area contributed by atoms with Crippen LogP contribution < -0.4 is 0 Å². The highest BCUT2D eigenvalue weighted by Gasteiger charge is 2.10. The van der Waals surface area contributed by atoms with Gasteiger partial charge in [0, 0.05) is 6.20 Å². The first-order chi connectivity index (χ1) is 7.25. The number of aromatic nitrogens is 3. The van der Waals surface area contributed by atoms with E-state index in [4.69, 9.17) is 4.42 Å². The molecule has 0 N–H and O–H groups in total. The second kappa shape index (κ2) is 4.22. The van der Waals surface area contributed by atoms with Crippen molar-refractivity contribution in [1.82, 2.24) is 15.2 Å². The van der Waals surface area contributed by atoms with Crippen molar-refractivity contribution >= 4 is 17.7 Å². The monoisotopic (exact) mass is 221 g/mol. The summed E-state index contributed by atoms with van der Waals surface area (Å²) in [7, 11) is 0. The van der Waals surface area contributed by atoms with Crippen molar-refractivity contribution in [2.24, 2.45) is 0 Å². The van der Waals surface area contributed by atoms with Crippen LogP contribution in [0.15, 0.2) is 28.8 Å². The van der Waals surface area contributed by atoms with Crippen LogP contribution in [0.2, 0.25) is 0 Å². The number of pyridine rings is 1. The maximum absolute atomic E-state index is 10.7. The van der Waals surface area contributed by atoms with E-state index in [1.165, 1.54) is 0 Å². The molecule has 0 aliphatic heterocycles. The third-order valence-corrected chi connectivity index (χ3v) is 1.81. The minimum absolute atomic E-state index is 0.0307. The first-order valence-electron chi connectivity index (χ1n) is 4.21. The van der Waals surface area contributed by atoms with Gasteiger partial charge in [0.25, 0.3) is 5.89 Å². The highest BCUT2D eigenvalue weighted by Crippen LogP contribution is 2.14. The second-order valence-corrected chi connectivity index (χ2v) is 3.29. The van der Waals surface area contributed by atoms with Crippen LogP contribution in [0, 0.1) is 0 Å². The van der Waals surface area contributed by atoms with Crippen molar-refractivity contribution in [2.75, 3.05) is 0 Å². The lowest BCUT2D eigenvalue weighted by Crippen LogP contribution is -1.92. The van der Waals surface area contributed by atoms with Gasteiger partial charge in [-0.25, -0.2) is 0 Å². The maximum Gasteiger partial charge on any atom is 0.266 e. The maximum atomic E-state index is 10.7. The number of carbonyl (C=O) groups is 1. The lowest BCUT2D eigenvalue weighted by Gasteiger charge is -1.90. The van der Waals surface area contributed by atoms with Gasteiger partial charge >= 0.3 is 0 Å². The molecule has 0 fully saturated rings. The summed E-state index contributed by atoms with van der Waals surface area (Å²) in [5, 5.41) is 7.17. The topological polar surface area (TPSA) is 68.9 Å². The number of thiol groups is 1. The smallest absolute Gasteiger partial charge is 0.266 e. The molecule has 0 aliphatic rings. The van der Waals surface area contributed by atoms with E-state index < -0.39 is 0 Å². The Kier molecular flexibility index (Phi) is 2.77. The van der Waals surface area contributed by atoms with Crippen molar-refractivity contribution < 1.29 is 9.21 Å². The Hall–Kier alpha value is -1.69. The average molecular weight is 221 g/mol. The molecular weight excluding hydrogens is 214 g/mol. The summed E-state index contributed by atoms with van der Waals surface area (Å²) < 4.78 is 5.23. The molecule has 2 aromatic rings. The summed E-state index contributed by atoms with van der Waals surface area (Å²) in [6.07, 6.45) is 1.66. The third-order valence-electron chi connectivity index (χ3n) is 1.65. The molecule has 2 rings (SSSR count). The van der Waals surface area contributed by atoms with Crippen LogP contribution in [0.25, 0.3) is 11.6 Å². The summed E-state index contributed by atoms with van der Waals surface area (Å²) in [5.41, 5.74) is 0.586. The van der Waals surface area contributed by atoms with Gasteiger partial charge in [-0.1, -0.05) is 6.07 Å². The zero-order valence-electron chi connectivity index (χ0n) is 7.62. The van der Waals surface area contributed by atoms with E-state index in [1.54, 1.807) is 18.3 Å². The van der Waals surface area contributed by atoms with Crippen molar-refractivity contribution in [1.29, 1.82) is 0 Å². The molecule has 0 aromatic carbocycles. The Morgan fingerprint density at radius 3 is 2.93 bits per heavy atom. The molecule has 0 atom stereocenters. The molecule has 0 bridgehead atoms. The van der Waals surface area contributed by atoms with Crippen LogP contribution in [0.4, 0.5) is 0 Å². The molecule has 0 radical (unpaired) electrons. The van der Waals surface area contributed by atoms with Crippen LogP contribution >= 0.6 is 12.6 Å². The molecule has 6 heteroatoms. The lowest BCUT2D eigenvalue weighted by molar-refractivity contribution is -0.110. The van der Waals surface area contributed by atoms with E-state index in [9.17, 15) is 4.79 Å². The second-order valence-electron chi connectivity index (χ2n) is 2.79. The van der Waals surface area contributed by atoms with Gasteiger partial charge < -0.3 is 4.42 Å². The van der Waals surface area contributed by atoms with Crippen LogP contribution in [0.1, 0.15) is 5.89 Å². The Labute approximate surface area is 91.0 Å². The molecule has 0 spiro atoms. The first kappa shape index (κ1) is 9.85.